The standard InChI is InChI=1S/C15H15N3O3S/c1-22(20,21)11-7-5-10(6-8-11)15(19)18-14-12-3-2-4-13(12)16-9-17-14/h5-9H,2-4H2,1H3,(H,16,17,18,19). The third-order valence-corrected chi connectivity index (χ3v) is 4.78. The minimum Gasteiger partial charge on any atom is -0.306 e. The Bertz CT molecular complexity index is 830. The molecule has 0 saturated carbocycles. The van der Waals surface area contributed by atoms with Gasteiger partial charge >= 0.3 is 0 Å². The van der Waals surface area contributed by atoms with Gasteiger partial charge in [0.15, 0.2) is 9.84 Å². The molecule has 114 valence electrons. The minimum absolute atomic E-state index is 0.187. The van der Waals surface area contributed by atoms with Crippen molar-refractivity contribution in [3.8, 4) is 0 Å². The Morgan fingerprint density at radius 3 is 2.55 bits per heavy atom. The highest BCUT2D eigenvalue weighted by Crippen LogP contribution is 2.25. The number of carbonyl (C=O) groups excluding carboxylic acids is 1. The number of nitrogens with zero attached hydrogens (tertiary/aromatic N) is 2. The molecule has 2 aromatic rings. The molecule has 0 fully saturated rings. The van der Waals surface area contributed by atoms with E-state index in [2.05, 4.69) is 15.3 Å². The Balaban J connectivity index is 1.82. The zero-order valence-corrected chi connectivity index (χ0v) is 12.9. The molecule has 0 bridgehead atoms. The van der Waals surface area contributed by atoms with Gasteiger partial charge in [-0.25, -0.2) is 18.4 Å². The summed E-state index contributed by atoms with van der Waals surface area (Å²) in [5.41, 5.74) is 2.36. The zero-order chi connectivity index (χ0) is 15.7. The summed E-state index contributed by atoms with van der Waals surface area (Å²) in [4.78, 5) is 20.8. The Morgan fingerprint density at radius 2 is 1.86 bits per heavy atom. The summed E-state index contributed by atoms with van der Waals surface area (Å²) in [7, 11) is -3.26. The lowest BCUT2D eigenvalue weighted by atomic mass is 10.2. The van der Waals surface area contributed by atoms with Gasteiger partial charge in [-0.2, -0.15) is 0 Å². The molecule has 0 saturated heterocycles. The van der Waals surface area contributed by atoms with Crippen LogP contribution >= 0.6 is 0 Å². The Morgan fingerprint density at radius 1 is 1.14 bits per heavy atom. The molecule has 1 aliphatic rings. The molecule has 6 nitrogen and oxygen atoms in total. The summed E-state index contributed by atoms with van der Waals surface area (Å²) < 4.78 is 22.8. The Kier molecular flexibility index (Phi) is 3.66. The van der Waals surface area contributed by atoms with Gasteiger partial charge in [0.2, 0.25) is 0 Å². The molecular formula is C15H15N3O3S. The van der Waals surface area contributed by atoms with Gasteiger partial charge < -0.3 is 5.32 Å². The van der Waals surface area contributed by atoms with Crippen LogP contribution in [0.2, 0.25) is 0 Å². The number of anilines is 1. The van der Waals surface area contributed by atoms with Gasteiger partial charge in [-0.1, -0.05) is 0 Å². The number of hydrogen-bond donors (Lipinski definition) is 1. The van der Waals surface area contributed by atoms with E-state index in [0.717, 1.165) is 36.8 Å². The van der Waals surface area contributed by atoms with Gasteiger partial charge in [0.25, 0.3) is 5.91 Å². The molecule has 3 rings (SSSR count). The van der Waals surface area contributed by atoms with E-state index in [4.69, 9.17) is 0 Å². The van der Waals surface area contributed by atoms with Crippen molar-refractivity contribution >= 4 is 21.6 Å². The van der Waals surface area contributed by atoms with Gasteiger partial charge in [0.1, 0.15) is 12.1 Å². The lowest BCUT2D eigenvalue weighted by Crippen LogP contribution is -2.15. The SMILES string of the molecule is CS(=O)(=O)c1ccc(C(=O)Nc2ncnc3c2CCC3)cc1. The number of hydrogen-bond acceptors (Lipinski definition) is 5. The number of aromatic nitrogens is 2. The second kappa shape index (κ2) is 5.49. The zero-order valence-electron chi connectivity index (χ0n) is 12.0. The highest BCUT2D eigenvalue weighted by atomic mass is 32.2. The van der Waals surface area contributed by atoms with Crippen LogP contribution in [0.25, 0.3) is 0 Å². The van der Waals surface area contributed by atoms with E-state index in [1.54, 1.807) is 0 Å². The maximum atomic E-state index is 12.3. The number of aryl methyl sites for hydroxylation is 1. The van der Waals surface area contributed by atoms with Gasteiger partial charge in [-0.3, -0.25) is 4.79 Å². The minimum atomic E-state index is -3.26. The molecule has 0 atom stereocenters. The molecule has 0 unspecified atom stereocenters. The number of benzene rings is 1. The molecule has 0 aliphatic heterocycles. The third kappa shape index (κ3) is 2.85. The first-order valence-corrected chi connectivity index (χ1v) is 8.78. The molecule has 1 aromatic carbocycles. The quantitative estimate of drug-likeness (QED) is 0.929. The molecule has 1 N–H and O–H groups in total. The summed E-state index contributed by atoms with van der Waals surface area (Å²) in [6, 6.07) is 5.84. The van der Waals surface area contributed by atoms with Crippen LogP contribution in [-0.2, 0) is 22.7 Å². The van der Waals surface area contributed by atoms with E-state index in [1.165, 1.54) is 30.6 Å². The predicted octanol–water partition coefficient (Wildman–Crippen LogP) is 1.62. The number of carbonyl (C=O) groups is 1. The van der Waals surface area contributed by atoms with E-state index < -0.39 is 9.84 Å². The van der Waals surface area contributed by atoms with Crippen LogP contribution in [0, 0.1) is 0 Å². The topological polar surface area (TPSA) is 89.0 Å². The Hall–Kier alpha value is -2.28. The summed E-state index contributed by atoms with van der Waals surface area (Å²) in [5.74, 6) is 0.229. The van der Waals surface area contributed by atoms with Crippen molar-refractivity contribution in [2.45, 2.75) is 24.2 Å². The first-order valence-electron chi connectivity index (χ1n) is 6.89. The van der Waals surface area contributed by atoms with Crippen molar-refractivity contribution < 1.29 is 13.2 Å². The smallest absolute Gasteiger partial charge is 0.256 e. The fraction of sp³-hybridized carbons (Fsp3) is 0.267. The van der Waals surface area contributed by atoms with Crippen molar-refractivity contribution in [2.75, 3.05) is 11.6 Å². The highest BCUT2D eigenvalue weighted by molar-refractivity contribution is 7.90. The molecule has 1 aromatic heterocycles. The summed E-state index contributed by atoms with van der Waals surface area (Å²) in [6.07, 6.45) is 5.36. The van der Waals surface area contributed by atoms with Gasteiger partial charge in [-0.05, 0) is 43.5 Å². The van der Waals surface area contributed by atoms with Crippen molar-refractivity contribution in [1.82, 2.24) is 9.97 Å². The van der Waals surface area contributed by atoms with Gasteiger partial charge in [0.05, 0.1) is 4.90 Å². The maximum Gasteiger partial charge on any atom is 0.256 e. The van der Waals surface area contributed by atoms with Crippen LogP contribution in [-0.4, -0.2) is 30.5 Å². The molecular weight excluding hydrogens is 302 g/mol. The number of nitrogens with one attached hydrogen (secondary N) is 1. The molecule has 0 spiro atoms. The number of sulfone groups is 1. The van der Waals surface area contributed by atoms with Crippen LogP contribution in [0.15, 0.2) is 35.5 Å². The molecule has 0 radical (unpaired) electrons. The van der Waals surface area contributed by atoms with Crippen molar-refractivity contribution in [1.29, 1.82) is 0 Å². The van der Waals surface area contributed by atoms with Gasteiger partial charge in [-0.15, -0.1) is 0 Å². The molecule has 1 aliphatic carbocycles. The lowest BCUT2D eigenvalue weighted by Gasteiger charge is -2.08. The van der Waals surface area contributed by atoms with Crippen LogP contribution in [0.1, 0.15) is 28.0 Å². The van der Waals surface area contributed by atoms with E-state index in [-0.39, 0.29) is 10.8 Å². The first-order chi connectivity index (χ1) is 10.4. The summed E-state index contributed by atoms with van der Waals surface area (Å²) in [6.45, 7) is 0. The molecule has 1 heterocycles. The fourth-order valence-electron chi connectivity index (χ4n) is 2.50. The number of amides is 1. The largest absolute Gasteiger partial charge is 0.306 e. The summed E-state index contributed by atoms with van der Waals surface area (Å²) in [5, 5.41) is 2.78. The normalized spacial score (nSPS) is 13.7. The monoisotopic (exact) mass is 317 g/mol. The summed E-state index contributed by atoms with van der Waals surface area (Å²) >= 11 is 0. The first kappa shape index (κ1) is 14.6. The van der Waals surface area contributed by atoms with Crippen molar-refractivity contribution in [3.63, 3.8) is 0 Å². The van der Waals surface area contributed by atoms with E-state index >= 15 is 0 Å². The highest BCUT2D eigenvalue weighted by Gasteiger charge is 2.19. The second-order valence-electron chi connectivity index (χ2n) is 5.25. The average molecular weight is 317 g/mol. The van der Waals surface area contributed by atoms with E-state index in [1.807, 2.05) is 0 Å². The van der Waals surface area contributed by atoms with Crippen molar-refractivity contribution in [2.24, 2.45) is 0 Å². The number of rotatable bonds is 3. The van der Waals surface area contributed by atoms with Crippen LogP contribution in [0.4, 0.5) is 5.82 Å². The van der Waals surface area contributed by atoms with Crippen LogP contribution in [0.3, 0.4) is 0 Å². The Labute approximate surface area is 128 Å². The van der Waals surface area contributed by atoms with Crippen molar-refractivity contribution in [3.05, 3.63) is 47.4 Å². The third-order valence-electron chi connectivity index (χ3n) is 3.65. The van der Waals surface area contributed by atoms with Gasteiger partial charge in [0, 0.05) is 23.1 Å². The maximum absolute atomic E-state index is 12.3. The van der Waals surface area contributed by atoms with E-state index in [0.29, 0.717) is 11.4 Å². The van der Waals surface area contributed by atoms with Crippen LogP contribution in [0.5, 0.6) is 0 Å². The fourth-order valence-corrected chi connectivity index (χ4v) is 3.13. The molecule has 1 amide bonds. The second-order valence-corrected chi connectivity index (χ2v) is 7.27. The predicted molar refractivity (Wildman–Crippen MR) is 81.6 cm³/mol. The average Bonchev–Trinajstić information content (AvgIpc) is 2.96. The molecule has 22 heavy (non-hydrogen) atoms. The van der Waals surface area contributed by atoms with E-state index in [9.17, 15) is 13.2 Å². The lowest BCUT2D eigenvalue weighted by molar-refractivity contribution is 0.102. The molecule has 7 heteroatoms. The van der Waals surface area contributed by atoms with Crippen LogP contribution < -0.4 is 5.32 Å². The number of fused-ring (bicyclic) bond motifs is 1.